The van der Waals surface area contributed by atoms with Gasteiger partial charge in [0.15, 0.2) is 24.2 Å². The van der Waals surface area contributed by atoms with Gasteiger partial charge in [-0.3, -0.25) is 72.3 Å². The second-order valence-corrected chi connectivity index (χ2v) is 28.7. The molecule has 0 aliphatic carbocycles. The Morgan fingerprint density at radius 1 is 0.651 bits per heavy atom. The molecule has 109 heavy (non-hydrogen) atoms. The number of aliphatic hydroxyl groups excluding tert-OH is 4. The Hall–Kier alpha value is -10.7. The number of amides is 12. The summed E-state index contributed by atoms with van der Waals surface area (Å²) in [5.41, 5.74) is 14.9. The lowest BCUT2D eigenvalue weighted by Crippen LogP contribution is -2.64. The van der Waals surface area contributed by atoms with E-state index in [9.17, 15) is 68.4 Å². The molecule has 1 saturated heterocycles. The molecule has 610 valence electrons. The number of aliphatic hydroxyl groups is 4. The van der Waals surface area contributed by atoms with Crippen LogP contribution in [-0.4, -0.2) is 235 Å². The van der Waals surface area contributed by atoms with Gasteiger partial charge in [0.1, 0.15) is 60.0 Å². The van der Waals surface area contributed by atoms with E-state index in [0.717, 1.165) is 20.8 Å². The van der Waals surface area contributed by atoms with Crippen LogP contribution in [0.5, 0.6) is 0 Å². The van der Waals surface area contributed by atoms with Gasteiger partial charge in [0.25, 0.3) is 11.9 Å². The van der Waals surface area contributed by atoms with E-state index in [1.807, 2.05) is 10.6 Å². The van der Waals surface area contributed by atoms with Crippen molar-refractivity contribution in [1.82, 2.24) is 63.5 Å². The topological polar surface area (TPSA) is 632 Å². The first kappa shape index (κ1) is 96.3. The molecule has 39 nitrogen and oxygen atoms in total. The molecular formula is C70H112N16O23. The molecule has 0 spiro atoms. The monoisotopic (exact) mass is 1540 g/mol. The van der Waals surface area contributed by atoms with Crippen LogP contribution in [0.25, 0.3) is 0 Å². The second-order valence-electron chi connectivity index (χ2n) is 28.7. The average molecular weight is 1550 g/mol. The molecule has 39 heteroatoms. The number of benzene rings is 1. The third-order valence-electron chi connectivity index (χ3n) is 15.6. The Bertz CT molecular complexity index is 3400. The summed E-state index contributed by atoms with van der Waals surface area (Å²) in [7, 11) is 0. The van der Waals surface area contributed by atoms with Crippen molar-refractivity contribution in [3.05, 3.63) is 66.0 Å². The molecule has 3 rings (SSSR count). The molecule has 1 aromatic heterocycles. The number of nitrogens with zero attached hydrogens (tertiary/aromatic N) is 2. The third-order valence-corrected chi connectivity index (χ3v) is 15.6. The van der Waals surface area contributed by atoms with E-state index < -0.39 is 222 Å². The number of alkyl carbamates (subject to hydrolysis) is 1. The number of aliphatic carboxylic acids is 2. The van der Waals surface area contributed by atoms with E-state index >= 15 is 14.4 Å². The minimum atomic E-state index is -2.61. The molecule has 0 radical (unpaired) electrons. The number of carboxylic acid groups (broad SMARTS) is 2. The quantitative estimate of drug-likeness (QED) is 0.0220. The van der Waals surface area contributed by atoms with Gasteiger partial charge in [0.05, 0.1) is 25.4 Å². The van der Waals surface area contributed by atoms with Crippen LogP contribution in [-0.2, 0) is 83.0 Å². The maximum Gasteiger partial charge on any atom is 0.408 e. The van der Waals surface area contributed by atoms with Gasteiger partial charge in [-0.05, 0) is 94.2 Å². The Balaban J connectivity index is 0.00000705. The lowest BCUT2D eigenvalue weighted by molar-refractivity contribution is -0.159. The zero-order valence-electron chi connectivity index (χ0n) is 64.1. The molecule has 1 unspecified atom stereocenters. The van der Waals surface area contributed by atoms with E-state index in [1.165, 1.54) is 56.4 Å². The standard InChI is InChI=1S/C66H104N16O19.2C2H4O2/c1-14-34(6)44-58(94)80-45(35(7)84)57(93)72-30-43(85)78-47(50(87)52(67)88)60(96)76-42(31-83)62(98)100-51(36-21-16-15-17-22-36)48(82-55(91)40(28-37-23-18-19-25-70-37)74-56(92)41(29-65(8,9)10)77-64(99)101-66(11,12)13)61(97)81-46(49(86)33(4)5)59(95)75-39(27-32(2)3)54(90)73-38(53(89)79-44)24-20-26-71-63(68)69;2*1-2(3)4/h15-19,21-23,25,32-35,38-42,44-51,83-84,86-87H,14,20,24,26-31H2,1-13H3,(H2,67,88)(H,72,93)(H,73,90)(H,74,92)(H,75,95)(H,76,96)(H,77,99)(H,78,85)(H,79,89)(H,80,94)(H,81,97)(H,82,91)(H4,68,69,71);2*1H3,(H,3,4)/t34-,35-,38+,39-,40?,41+,42-,44-,45-,46-,47-,48-,49+,50-,51+;;/m0../s1. The van der Waals surface area contributed by atoms with Crippen molar-refractivity contribution < 1.29 is 112 Å². The van der Waals surface area contributed by atoms with Crippen molar-refractivity contribution in [2.75, 3.05) is 19.7 Å². The number of pyridine rings is 1. The number of cyclic esters (lactones) is 1. The number of primary amides is 1. The SMILES string of the molecule is CC(=O)O.CC(=O)O.CC[C@H](C)[C@@H]1NC(=O)[C@@H](CCCN=C(N)N)NC(=O)[C@H](CC(C)C)NC(=O)[C@H]([C@H](O)C(C)C)NC(=O)[C@@H](NC(=O)C(Cc2ccccn2)NC(=O)[C@@H](CC(C)(C)C)NC(=O)OC(C)(C)C)[C@@H](c2ccccc2)OC(=O)[C@H](CO)NC(=O)[C@H]([C@H](O)C(N)=O)NC(=O)CNC(=O)[C@H]([C@H](C)O)NC1=O. The normalized spacial score (nSPS) is 22.1. The van der Waals surface area contributed by atoms with Crippen LogP contribution in [0.15, 0.2) is 59.7 Å². The Morgan fingerprint density at radius 3 is 1.69 bits per heavy atom. The highest BCUT2D eigenvalue weighted by Crippen LogP contribution is 2.26. The van der Waals surface area contributed by atoms with Crippen LogP contribution in [0.3, 0.4) is 0 Å². The first-order valence-corrected chi connectivity index (χ1v) is 35.1. The van der Waals surface area contributed by atoms with Crippen LogP contribution in [0, 0.1) is 23.2 Å². The Morgan fingerprint density at radius 2 is 1.18 bits per heavy atom. The number of aromatic nitrogens is 1. The summed E-state index contributed by atoms with van der Waals surface area (Å²) in [4.78, 5) is 213. The smallest absolute Gasteiger partial charge is 0.408 e. The van der Waals surface area contributed by atoms with Crippen LogP contribution in [0.2, 0.25) is 0 Å². The van der Waals surface area contributed by atoms with Crippen molar-refractivity contribution in [3.63, 3.8) is 0 Å². The lowest BCUT2D eigenvalue weighted by atomic mass is 9.87. The number of nitrogens with one attached hydrogen (secondary N) is 11. The van der Waals surface area contributed by atoms with Gasteiger partial charge >= 0.3 is 12.1 Å². The summed E-state index contributed by atoms with van der Waals surface area (Å²) in [6.45, 7) is 20.3. The Kier molecular flexibility index (Phi) is 41.1. The number of aliphatic imine (C=N–C) groups is 1. The van der Waals surface area contributed by atoms with E-state index in [-0.39, 0.29) is 55.9 Å². The van der Waals surface area contributed by atoms with Crippen molar-refractivity contribution >= 4 is 94.9 Å². The van der Waals surface area contributed by atoms with Gasteiger partial charge in [0.2, 0.25) is 65.0 Å². The molecule has 23 N–H and O–H groups in total. The highest BCUT2D eigenvalue weighted by Gasteiger charge is 2.44. The minimum absolute atomic E-state index is 0.0219. The summed E-state index contributed by atoms with van der Waals surface area (Å²) < 4.78 is 11.5. The molecule has 0 saturated carbocycles. The fourth-order valence-corrected chi connectivity index (χ4v) is 10.1. The molecule has 12 amide bonds. The molecule has 1 aliphatic heterocycles. The molecule has 1 aromatic carbocycles. The zero-order chi connectivity index (χ0) is 83.5. The van der Waals surface area contributed by atoms with Crippen LogP contribution in [0.1, 0.15) is 153 Å². The van der Waals surface area contributed by atoms with E-state index in [4.69, 9.17) is 46.5 Å². The van der Waals surface area contributed by atoms with Crippen LogP contribution >= 0.6 is 0 Å². The van der Waals surface area contributed by atoms with Gasteiger partial charge in [-0.25, -0.2) is 9.59 Å². The Labute approximate surface area is 632 Å². The van der Waals surface area contributed by atoms with Crippen molar-refractivity contribution in [2.24, 2.45) is 45.4 Å². The highest BCUT2D eigenvalue weighted by atomic mass is 16.6. The minimum Gasteiger partial charge on any atom is -0.481 e. The lowest BCUT2D eigenvalue weighted by Gasteiger charge is -2.34. The highest BCUT2D eigenvalue weighted by molar-refractivity contribution is 6.00. The van der Waals surface area contributed by atoms with E-state index in [2.05, 4.69) is 57.8 Å². The number of carboxylic acids is 2. The third kappa shape index (κ3) is 36.7. The second kappa shape index (κ2) is 46.5. The first-order chi connectivity index (χ1) is 50.5. The first-order valence-electron chi connectivity index (χ1n) is 35.1. The molecular weight excluding hydrogens is 1430 g/mol. The maximum atomic E-state index is 15.7. The number of rotatable bonds is 23. The van der Waals surface area contributed by atoms with E-state index in [0.29, 0.717) is 0 Å². The fourth-order valence-electron chi connectivity index (χ4n) is 10.1. The number of esters is 1. The molecule has 15 atom stereocenters. The predicted octanol–water partition coefficient (Wildman–Crippen LogP) is -3.71. The van der Waals surface area contributed by atoms with Gasteiger partial charge in [0, 0.05) is 38.7 Å². The van der Waals surface area contributed by atoms with Gasteiger partial charge in [-0.1, -0.05) is 105 Å². The van der Waals surface area contributed by atoms with Crippen LogP contribution < -0.4 is 75.7 Å². The summed E-state index contributed by atoms with van der Waals surface area (Å²) in [5.74, 6) is -19.3. The summed E-state index contributed by atoms with van der Waals surface area (Å²) >= 11 is 0. The average Bonchev–Trinajstić information content (AvgIpc) is 0.810. The van der Waals surface area contributed by atoms with Crippen molar-refractivity contribution in [3.8, 4) is 0 Å². The number of ether oxygens (including phenoxy) is 2. The van der Waals surface area contributed by atoms with Crippen molar-refractivity contribution in [2.45, 2.75) is 233 Å². The molecule has 2 aromatic rings. The van der Waals surface area contributed by atoms with Gasteiger partial charge in [-0.15, -0.1) is 0 Å². The zero-order valence-corrected chi connectivity index (χ0v) is 64.1. The fraction of sp³-hybridized carbons (Fsp3) is 0.614. The van der Waals surface area contributed by atoms with Gasteiger partial charge in [-0.2, -0.15) is 0 Å². The van der Waals surface area contributed by atoms with Crippen molar-refractivity contribution in [1.29, 1.82) is 0 Å². The largest absolute Gasteiger partial charge is 0.481 e. The molecule has 0 bridgehead atoms. The summed E-state index contributed by atoms with van der Waals surface area (Å²) in [5, 5.41) is 85.9. The number of carbonyl (C=O) groups is 15. The number of guanidine groups is 1. The van der Waals surface area contributed by atoms with Crippen LogP contribution in [0.4, 0.5) is 4.79 Å². The maximum absolute atomic E-state index is 15.7. The predicted molar refractivity (Wildman–Crippen MR) is 391 cm³/mol. The summed E-state index contributed by atoms with van der Waals surface area (Å²) in [6, 6.07) is -7.32. The number of hydrogen-bond acceptors (Lipinski definition) is 23. The number of carbonyl (C=O) groups excluding carboxylic acids is 13. The molecule has 2 heterocycles. The number of hydrogen-bond donors (Lipinski definition) is 20. The molecule has 1 fully saturated rings. The number of nitrogens with two attached hydrogens (primary N) is 3. The molecule has 1 aliphatic rings. The van der Waals surface area contributed by atoms with E-state index in [1.54, 1.807) is 81.4 Å². The summed E-state index contributed by atoms with van der Waals surface area (Å²) in [6.07, 6.45) is -8.61. The van der Waals surface area contributed by atoms with Gasteiger partial charge < -0.3 is 116 Å².